The highest BCUT2D eigenvalue weighted by Crippen LogP contribution is 2.40. The van der Waals surface area contributed by atoms with Crippen molar-refractivity contribution in [2.75, 3.05) is 0 Å². The van der Waals surface area contributed by atoms with E-state index in [1.54, 1.807) is 18.4 Å². The first kappa shape index (κ1) is 13.0. The summed E-state index contributed by atoms with van der Waals surface area (Å²) in [5, 5.41) is 12.1. The second-order valence-corrected chi connectivity index (χ2v) is 5.83. The summed E-state index contributed by atoms with van der Waals surface area (Å²) in [7, 11) is 0. The van der Waals surface area contributed by atoms with Crippen LogP contribution in [0.15, 0.2) is 34.9 Å². The maximum absolute atomic E-state index is 10.9. The van der Waals surface area contributed by atoms with Crippen LogP contribution in [-0.2, 0) is 18.4 Å². The third-order valence-corrected chi connectivity index (χ3v) is 4.48. The van der Waals surface area contributed by atoms with Crippen molar-refractivity contribution >= 4 is 23.2 Å². The van der Waals surface area contributed by atoms with Gasteiger partial charge in [0.15, 0.2) is 0 Å². The highest BCUT2D eigenvalue weighted by molar-refractivity contribution is 6.36. The Hall–Kier alpha value is -0.960. The second-order valence-electron chi connectivity index (χ2n) is 5.02. The van der Waals surface area contributed by atoms with Crippen molar-refractivity contribution in [2.45, 2.75) is 31.3 Å². The van der Waals surface area contributed by atoms with Crippen LogP contribution < -0.4 is 0 Å². The molecule has 1 aliphatic carbocycles. The predicted molar refractivity (Wildman–Crippen MR) is 75.7 cm³/mol. The van der Waals surface area contributed by atoms with E-state index < -0.39 is 5.60 Å². The fourth-order valence-electron chi connectivity index (χ4n) is 2.80. The zero-order valence-corrected chi connectivity index (χ0v) is 11.8. The quantitative estimate of drug-likeness (QED) is 0.893. The van der Waals surface area contributed by atoms with Gasteiger partial charge in [0.25, 0.3) is 0 Å². The minimum Gasteiger partial charge on any atom is -0.469 e. The number of benzene rings is 1. The molecular formula is C15H14Cl2O2. The van der Waals surface area contributed by atoms with Gasteiger partial charge in [-0.25, -0.2) is 0 Å². The van der Waals surface area contributed by atoms with Crippen molar-refractivity contribution in [1.29, 1.82) is 0 Å². The van der Waals surface area contributed by atoms with Crippen molar-refractivity contribution in [3.63, 3.8) is 0 Å². The van der Waals surface area contributed by atoms with E-state index in [9.17, 15) is 5.11 Å². The molecule has 3 rings (SSSR count). The zero-order chi connectivity index (χ0) is 13.5. The zero-order valence-electron chi connectivity index (χ0n) is 10.3. The Morgan fingerprint density at radius 3 is 2.68 bits per heavy atom. The summed E-state index contributed by atoms with van der Waals surface area (Å²) in [6.07, 6.45) is 4.52. The molecule has 0 aliphatic heterocycles. The summed E-state index contributed by atoms with van der Waals surface area (Å²) >= 11 is 12.4. The van der Waals surface area contributed by atoms with Crippen molar-refractivity contribution < 1.29 is 9.52 Å². The molecule has 1 aromatic heterocycles. The number of rotatable bonds is 2. The van der Waals surface area contributed by atoms with Crippen molar-refractivity contribution in [3.8, 4) is 0 Å². The number of halogens is 2. The summed E-state index contributed by atoms with van der Waals surface area (Å²) in [6, 6.07) is 7.25. The fraction of sp³-hybridized carbons (Fsp3) is 0.333. The van der Waals surface area contributed by atoms with E-state index in [-0.39, 0.29) is 0 Å². The van der Waals surface area contributed by atoms with Crippen LogP contribution in [0.2, 0.25) is 10.0 Å². The normalized spacial score (nSPS) is 22.3. The first-order valence-corrected chi connectivity index (χ1v) is 7.08. The summed E-state index contributed by atoms with van der Waals surface area (Å²) in [5.41, 5.74) is 0.729. The van der Waals surface area contributed by atoms with Crippen LogP contribution in [0.3, 0.4) is 0 Å². The van der Waals surface area contributed by atoms with Gasteiger partial charge >= 0.3 is 0 Å². The van der Waals surface area contributed by atoms with Crippen molar-refractivity contribution in [2.24, 2.45) is 0 Å². The lowest BCUT2D eigenvalue weighted by atomic mass is 9.79. The molecular weight excluding hydrogens is 283 g/mol. The number of fused-ring (bicyclic) bond motifs is 1. The minimum absolute atomic E-state index is 0.415. The van der Waals surface area contributed by atoms with E-state index in [1.165, 1.54) is 0 Å². The number of aliphatic hydroxyl groups is 1. The maximum Gasteiger partial charge on any atom is 0.109 e. The van der Waals surface area contributed by atoms with E-state index in [4.69, 9.17) is 27.6 Å². The lowest BCUT2D eigenvalue weighted by Gasteiger charge is -2.32. The van der Waals surface area contributed by atoms with Gasteiger partial charge in [-0.05, 0) is 36.6 Å². The number of furan rings is 1. The molecule has 1 atom stereocenters. The maximum atomic E-state index is 10.9. The number of hydrogen-bond donors (Lipinski definition) is 1. The Balaban J connectivity index is 2.00. The molecule has 4 heteroatoms. The Morgan fingerprint density at radius 2 is 1.95 bits per heavy atom. The summed E-state index contributed by atoms with van der Waals surface area (Å²) in [6.45, 7) is 0. The highest BCUT2D eigenvalue weighted by atomic mass is 35.5. The molecule has 1 unspecified atom stereocenters. The second kappa shape index (κ2) is 4.86. The van der Waals surface area contributed by atoms with Crippen molar-refractivity contribution in [1.82, 2.24) is 0 Å². The van der Waals surface area contributed by atoms with Gasteiger partial charge in [-0.3, -0.25) is 0 Å². The Kier molecular flexibility index (Phi) is 3.34. The molecule has 0 amide bonds. The first-order chi connectivity index (χ1) is 9.10. The van der Waals surface area contributed by atoms with Crippen LogP contribution in [0.5, 0.6) is 0 Å². The van der Waals surface area contributed by atoms with Gasteiger partial charge < -0.3 is 9.52 Å². The lowest BCUT2D eigenvalue weighted by Crippen LogP contribution is -2.32. The molecule has 2 aromatic rings. The van der Waals surface area contributed by atoms with Crippen LogP contribution in [0.25, 0.3) is 0 Å². The number of aryl methyl sites for hydroxylation is 1. The number of hydrogen-bond acceptors (Lipinski definition) is 2. The van der Waals surface area contributed by atoms with Crippen LogP contribution in [0.1, 0.15) is 29.7 Å². The average Bonchev–Trinajstić information content (AvgIpc) is 2.84. The van der Waals surface area contributed by atoms with Crippen LogP contribution in [0, 0.1) is 0 Å². The Bertz CT molecular complexity index is 586. The average molecular weight is 297 g/mol. The highest BCUT2D eigenvalue weighted by Gasteiger charge is 2.37. The van der Waals surface area contributed by atoms with Gasteiger partial charge in [0.05, 0.1) is 11.9 Å². The molecule has 1 heterocycles. The molecule has 1 N–H and O–H groups in total. The molecule has 0 fully saturated rings. The summed E-state index contributed by atoms with van der Waals surface area (Å²) in [5.74, 6) is 0.872. The van der Waals surface area contributed by atoms with E-state index in [1.807, 2.05) is 12.1 Å². The third-order valence-electron chi connectivity index (χ3n) is 3.77. The molecule has 0 saturated heterocycles. The topological polar surface area (TPSA) is 33.4 Å². The largest absolute Gasteiger partial charge is 0.469 e. The van der Waals surface area contributed by atoms with Gasteiger partial charge in [0.1, 0.15) is 5.76 Å². The van der Waals surface area contributed by atoms with Crippen LogP contribution in [-0.4, -0.2) is 5.11 Å². The van der Waals surface area contributed by atoms with Gasteiger partial charge in [-0.15, -0.1) is 0 Å². The Labute approximate surface area is 122 Å². The standard InChI is InChI=1S/C15H14Cl2O2/c16-12-3-1-4-13(17)10(12)9-15(18)7-2-5-14-11(15)6-8-19-14/h1,3-4,6,8,18H,2,5,7,9H2. The smallest absolute Gasteiger partial charge is 0.109 e. The first-order valence-electron chi connectivity index (χ1n) is 6.32. The van der Waals surface area contributed by atoms with Crippen LogP contribution in [0.4, 0.5) is 0 Å². The third kappa shape index (κ3) is 2.29. The molecule has 19 heavy (non-hydrogen) atoms. The van der Waals surface area contributed by atoms with E-state index in [2.05, 4.69) is 0 Å². The molecule has 0 saturated carbocycles. The molecule has 0 radical (unpaired) electrons. The monoisotopic (exact) mass is 296 g/mol. The molecule has 2 nitrogen and oxygen atoms in total. The van der Waals surface area contributed by atoms with Gasteiger partial charge in [0, 0.05) is 28.5 Å². The SMILES string of the molecule is OC1(Cc2c(Cl)cccc2Cl)CCCc2occc21. The van der Waals surface area contributed by atoms with Gasteiger partial charge in [-0.1, -0.05) is 29.3 Å². The van der Waals surface area contributed by atoms with Crippen molar-refractivity contribution in [3.05, 3.63) is 57.5 Å². The van der Waals surface area contributed by atoms with E-state index in [0.29, 0.717) is 22.9 Å². The van der Waals surface area contributed by atoms with Crippen LogP contribution >= 0.6 is 23.2 Å². The van der Waals surface area contributed by atoms with E-state index in [0.717, 1.165) is 29.7 Å². The molecule has 0 spiro atoms. The summed E-state index contributed by atoms with van der Waals surface area (Å²) < 4.78 is 5.42. The van der Waals surface area contributed by atoms with Gasteiger partial charge in [0.2, 0.25) is 0 Å². The fourth-order valence-corrected chi connectivity index (χ4v) is 3.33. The molecule has 1 aromatic carbocycles. The summed E-state index contributed by atoms with van der Waals surface area (Å²) in [4.78, 5) is 0. The lowest BCUT2D eigenvalue weighted by molar-refractivity contribution is 0.0169. The minimum atomic E-state index is -0.935. The van der Waals surface area contributed by atoms with Gasteiger partial charge in [-0.2, -0.15) is 0 Å². The Morgan fingerprint density at radius 1 is 1.21 bits per heavy atom. The molecule has 100 valence electrons. The molecule has 1 aliphatic rings. The predicted octanol–water partition coefficient (Wildman–Crippen LogP) is 4.35. The molecule has 0 bridgehead atoms. The van der Waals surface area contributed by atoms with E-state index >= 15 is 0 Å².